The van der Waals surface area contributed by atoms with Crippen LogP contribution >= 0.6 is 11.6 Å². The van der Waals surface area contributed by atoms with E-state index in [2.05, 4.69) is 15.3 Å². The zero-order valence-electron chi connectivity index (χ0n) is 9.55. The molecule has 0 fully saturated rings. The minimum atomic E-state index is -1.53. The summed E-state index contributed by atoms with van der Waals surface area (Å²) in [5.74, 6) is -1.74. The summed E-state index contributed by atoms with van der Waals surface area (Å²) in [6.45, 7) is 1.09. The normalized spacial score (nSPS) is 13.7. The van der Waals surface area contributed by atoms with Gasteiger partial charge in [0.2, 0.25) is 0 Å². The fourth-order valence-electron chi connectivity index (χ4n) is 1.20. The Balaban J connectivity index is 2.58. The third-order valence-electron chi connectivity index (χ3n) is 2.00. The molecule has 1 amide bonds. The molecule has 3 N–H and O–H groups in total. The first-order valence-electron chi connectivity index (χ1n) is 5.00. The maximum Gasteiger partial charge on any atom is 0.306 e. The Morgan fingerprint density at radius 1 is 1.50 bits per heavy atom. The van der Waals surface area contributed by atoms with Crippen molar-refractivity contribution in [2.24, 2.45) is 0 Å². The number of hydrogen-bond acceptors (Lipinski definition) is 5. The fourth-order valence-corrected chi connectivity index (χ4v) is 1.35. The molecule has 0 aromatic carbocycles. The number of hydrogen-bond donors (Lipinski definition) is 3. The van der Waals surface area contributed by atoms with Gasteiger partial charge in [0, 0.05) is 6.54 Å². The predicted molar refractivity (Wildman–Crippen MR) is 62.3 cm³/mol. The highest BCUT2D eigenvalue weighted by atomic mass is 35.5. The van der Waals surface area contributed by atoms with Crippen LogP contribution in [0.2, 0.25) is 5.15 Å². The van der Waals surface area contributed by atoms with Crippen molar-refractivity contribution in [1.82, 2.24) is 15.3 Å². The number of halogens is 1. The maximum atomic E-state index is 11.6. The molecule has 0 radical (unpaired) electrons. The van der Waals surface area contributed by atoms with Crippen LogP contribution in [0.25, 0.3) is 0 Å². The standard InChI is InChI=1S/C10H12ClN3O4/c1-10(18,2-8(15)16)5-13-9(17)6-3-12-4-7(11)14-6/h3-4,18H,2,5H2,1H3,(H,13,17)(H,15,16). The Morgan fingerprint density at radius 2 is 2.17 bits per heavy atom. The quantitative estimate of drug-likeness (QED) is 0.701. The lowest BCUT2D eigenvalue weighted by Crippen LogP contribution is -2.42. The molecule has 1 rings (SSSR count). The van der Waals surface area contributed by atoms with Crippen LogP contribution in [-0.4, -0.2) is 44.2 Å². The van der Waals surface area contributed by atoms with E-state index in [4.69, 9.17) is 16.7 Å². The zero-order chi connectivity index (χ0) is 13.8. The van der Waals surface area contributed by atoms with Crippen molar-refractivity contribution in [3.63, 3.8) is 0 Å². The van der Waals surface area contributed by atoms with Gasteiger partial charge in [-0.1, -0.05) is 11.6 Å². The Morgan fingerprint density at radius 3 is 2.72 bits per heavy atom. The largest absolute Gasteiger partial charge is 0.481 e. The first kappa shape index (κ1) is 14.3. The molecular weight excluding hydrogens is 262 g/mol. The van der Waals surface area contributed by atoms with Crippen LogP contribution in [0.4, 0.5) is 0 Å². The molecule has 0 aliphatic carbocycles. The van der Waals surface area contributed by atoms with E-state index < -0.39 is 23.9 Å². The molecule has 7 nitrogen and oxygen atoms in total. The van der Waals surface area contributed by atoms with Crippen molar-refractivity contribution in [3.8, 4) is 0 Å². The van der Waals surface area contributed by atoms with E-state index >= 15 is 0 Å². The van der Waals surface area contributed by atoms with E-state index in [0.29, 0.717) is 0 Å². The number of aliphatic hydroxyl groups is 1. The topological polar surface area (TPSA) is 112 Å². The minimum absolute atomic E-state index is 0.00590. The summed E-state index contributed by atoms with van der Waals surface area (Å²) in [6, 6.07) is 0. The van der Waals surface area contributed by atoms with Crippen LogP contribution in [0.15, 0.2) is 12.4 Å². The van der Waals surface area contributed by atoms with Gasteiger partial charge in [0.25, 0.3) is 5.91 Å². The van der Waals surface area contributed by atoms with Gasteiger partial charge in [-0.05, 0) is 6.92 Å². The summed E-state index contributed by atoms with van der Waals surface area (Å²) in [5.41, 5.74) is -1.54. The Bertz CT molecular complexity index is 464. The van der Waals surface area contributed by atoms with Crippen molar-refractivity contribution >= 4 is 23.5 Å². The first-order valence-corrected chi connectivity index (χ1v) is 5.38. The SMILES string of the molecule is CC(O)(CNC(=O)c1cncc(Cl)n1)CC(=O)O. The molecule has 1 aromatic heterocycles. The van der Waals surface area contributed by atoms with Crippen LogP contribution in [0.1, 0.15) is 23.8 Å². The maximum absolute atomic E-state index is 11.6. The Labute approximate surface area is 108 Å². The minimum Gasteiger partial charge on any atom is -0.481 e. The summed E-state index contributed by atoms with van der Waals surface area (Å²) >= 11 is 5.57. The second-order valence-corrected chi connectivity index (χ2v) is 4.36. The highest BCUT2D eigenvalue weighted by Gasteiger charge is 2.25. The number of carbonyl (C=O) groups is 2. The molecule has 0 spiro atoms. The highest BCUT2D eigenvalue weighted by Crippen LogP contribution is 2.08. The van der Waals surface area contributed by atoms with Crippen LogP contribution in [0, 0.1) is 0 Å². The molecule has 0 aliphatic heterocycles. The van der Waals surface area contributed by atoms with Crippen molar-refractivity contribution in [2.45, 2.75) is 18.9 Å². The van der Waals surface area contributed by atoms with Crippen LogP contribution in [0.5, 0.6) is 0 Å². The van der Waals surface area contributed by atoms with Gasteiger partial charge in [-0.2, -0.15) is 0 Å². The lowest BCUT2D eigenvalue weighted by Gasteiger charge is -2.21. The smallest absolute Gasteiger partial charge is 0.306 e. The number of amides is 1. The molecule has 1 atom stereocenters. The van der Waals surface area contributed by atoms with Crippen molar-refractivity contribution in [1.29, 1.82) is 0 Å². The van der Waals surface area contributed by atoms with Crippen molar-refractivity contribution in [3.05, 3.63) is 23.2 Å². The number of carbonyl (C=O) groups excluding carboxylic acids is 1. The molecule has 1 aromatic rings. The number of carboxylic acids is 1. The van der Waals surface area contributed by atoms with E-state index in [0.717, 1.165) is 0 Å². The summed E-state index contributed by atoms with van der Waals surface area (Å²) in [4.78, 5) is 29.5. The van der Waals surface area contributed by atoms with Crippen LogP contribution < -0.4 is 5.32 Å². The number of aromatic nitrogens is 2. The van der Waals surface area contributed by atoms with Gasteiger partial charge in [0.05, 0.1) is 24.4 Å². The number of aliphatic carboxylic acids is 1. The van der Waals surface area contributed by atoms with Gasteiger partial charge < -0.3 is 15.5 Å². The summed E-state index contributed by atoms with van der Waals surface area (Å²) in [7, 11) is 0. The van der Waals surface area contributed by atoms with Crippen LogP contribution in [0.3, 0.4) is 0 Å². The molecule has 98 valence electrons. The monoisotopic (exact) mass is 273 g/mol. The molecule has 0 aliphatic rings. The average molecular weight is 274 g/mol. The number of carboxylic acid groups (broad SMARTS) is 1. The van der Waals surface area contributed by atoms with E-state index in [9.17, 15) is 14.7 Å². The summed E-state index contributed by atoms with van der Waals surface area (Å²) in [5, 5.41) is 20.7. The van der Waals surface area contributed by atoms with E-state index in [1.54, 1.807) is 0 Å². The van der Waals surface area contributed by atoms with Gasteiger partial charge in [0.1, 0.15) is 10.8 Å². The van der Waals surface area contributed by atoms with E-state index in [-0.39, 0.29) is 17.4 Å². The van der Waals surface area contributed by atoms with E-state index in [1.807, 2.05) is 0 Å². The second-order valence-electron chi connectivity index (χ2n) is 3.98. The third kappa shape index (κ3) is 4.64. The lowest BCUT2D eigenvalue weighted by molar-refractivity contribution is -0.141. The van der Waals surface area contributed by atoms with E-state index in [1.165, 1.54) is 19.3 Å². The number of rotatable bonds is 5. The molecular formula is C10H12ClN3O4. The predicted octanol–water partition coefficient (Wildman–Crippen LogP) is 0.0855. The lowest BCUT2D eigenvalue weighted by atomic mass is 10.0. The fraction of sp³-hybridized carbons (Fsp3) is 0.400. The van der Waals surface area contributed by atoms with Gasteiger partial charge in [-0.15, -0.1) is 0 Å². The molecule has 0 saturated carbocycles. The highest BCUT2D eigenvalue weighted by molar-refractivity contribution is 6.29. The zero-order valence-corrected chi connectivity index (χ0v) is 10.3. The van der Waals surface area contributed by atoms with Gasteiger partial charge >= 0.3 is 5.97 Å². The number of nitrogens with zero attached hydrogens (tertiary/aromatic N) is 2. The van der Waals surface area contributed by atoms with Crippen molar-refractivity contribution < 1.29 is 19.8 Å². The number of nitrogens with one attached hydrogen (secondary N) is 1. The third-order valence-corrected chi connectivity index (χ3v) is 2.18. The molecule has 8 heteroatoms. The first-order chi connectivity index (χ1) is 8.30. The molecule has 1 unspecified atom stereocenters. The van der Waals surface area contributed by atoms with Crippen molar-refractivity contribution in [2.75, 3.05) is 6.54 Å². The Hall–Kier alpha value is -1.73. The van der Waals surface area contributed by atoms with Crippen LogP contribution in [-0.2, 0) is 4.79 Å². The molecule has 1 heterocycles. The Kier molecular flexibility index (Phi) is 4.57. The second kappa shape index (κ2) is 5.74. The average Bonchev–Trinajstić information content (AvgIpc) is 2.24. The summed E-state index contributed by atoms with van der Waals surface area (Å²) < 4.78 is 0. The van der Waals surface area contributed by atoms with Gasteiger partial charge in [-0.3, -0.25) is 14.6 Å². The van der Waals surface area contributed by atoms with Gasteiger partial charge in [0.15, 0.2) is 0 Å². The summed E-state index contributed by atoms with van der Waals surface area (Å²) in [6.07, 6.45) is 2.01. The molecule has 0 bridgehead atoms. The van der Waals surface area contributed by atoms with Gasteiger partial charge in [-0.25, -0.2) is 4.98 Å². The molecule has 18 heavy (non-hydrogen) atoms. The molecule has 0 saturated heterocycles.